The van der Waals surface area contributed by atoms with Gasteiger partial charge in [0.2, 0.25) is 0 Å². The number of carbonyl (C=O) groups excluding carboxylic acids is 1. The Morgan fingerprint density at radius 3 is 2.54 bits per heavy atom. The molecule has 0 saturated heterocycles. The number of hydrogen-bond donors (Lipinski definition) is 0. The van der Waals surface area contributed by atoms with Gasteiger partial charge >= 0.3 is 6.09 Å². The molecule has 0 N–H and O–H groups in total. The monoisotopic (exact) mass is 412 g/mol. The molecule has 0 radical (unpaired) electrons. The van der Waals surface area contributed by atoms with E-state index in [1.165, 1.54) is 11.1 Å². The summed E-state index contributed by atoms with van der Waals surface area (Å²) in [4.78, 5) is 19.3. The number of aromatic nitrogens is 1. The fourth-order valence-electron chi connectivity index (χ4n) is 2.51. The van der Waals surface area contributed by atoms with Gasteiger partial charge in [0, 0.05) is 11.9 Å². The summed E-state index contributed by atoms with van der Waals surface area (Å²) in [5, 5.41) is 0.884. The molecule has 3 rings (SSSR count). The molecule has 6 heteroatoms. The smallest absolute Gasteiger partial charge is 0.410 e. The van der Waals surface area contributed by atoms with Gasteiger partial charge in [0.25, 0.3) is 0 Å². The summed E-state index contributed by atoms with van der Waals surface area (Å²) in [6.45, 7) is 6.02. The SMILES string of the molecule is CN(Cc1ncc(Sc2cccc(-c3ccccc3)c2)s1)C(=O)OC(C)(C)C. The third kappa shape index (κ3) is 5.84. The molecule has 146 valence electrons. The second kappa shape index (κ2) is 8.80. The highest BCUT2D eigenvalue weighted by Gasteiger charge is 2.20. The van der Waals surface area contributed by atoms with Gasteiger partial charge < -0.3 is 9.64 Å². The van der Waals surface area contributed by atoms with Crippen molar-refractivity contribution in [1.82, 2.24) is 9.88 Å². The number of hydrogen-bond acceptors (Lipinski definition) is 5. The number of ether oxygens (including phenoxy) is 1. The molecule has 0 aliphatic rings. The summed E-state index contributed by atoms with van der Waals surface area (Å²) in [7, 11) is 1.73. The van der Waals surface area contributed by atoms with Gasteiger partial charge in [0.15, 0.2) is 0 Å². The lowest BCUT2D eigenvalue weighted by Gasteiger charge is -2.24. The van der Waals surface area contributed by atoms with E-state index in [1.807, 2.05) is 45.2 Å². The van der Waals surface area contributed by atoms with Crippen molar-refractivity contribution in [3.8, 4) is 11.1 Å². The molecule has 0 aliphatic heterocycles. The van der Waals surface area contributed by atoms with E-state index >= 15 is 0 Å². The first-order chi connectivity index (χ1) is 13.3. The van der Waals surface area contributed by atoms with Crippen LogP contribution in [0.25, 0.3) is 11.1 Å². The van der Waals surface area contributed by atoms with Crippen molar-refractivity contribution in [3.63, 3.8) is 0 Å². The summed E-state index contributed by atoms with van der Waals surface area (Å²) in [5.41, 5.74) is 1.90. The lowest BCUT2D eigenvalue weighted by Crippen LogP contribution is -2.33. The molecule has 0 spiro atoms. The highest BCUT2D eigenvalue weighted by atomic mass is 32.2. The quantitative estimate of drug-likeness (QED) is 0.491. The minimum absolute atomic E-state index is 0.340. The minimum Gasteiger partial charge on any atom is -0.444 e. The highest BCUT2D eigenvalue weighted by Crippen LogP contribution is 2.34. The lowest BCUT2D eigenvalue weighted by atomic mass is 10.1. The number of carbonyl (C=O) groups is 1. The van der Waals surface area contributed by atoms with Gasteiger partial charge in [-0.05, 0) is 44.0 Å². The van der Waals surface area contributed by atoms with E-state index in [1.54, 1.807) is 35.0 Å². The Bertz CT molecular complexity index is 933. The van der Waals surface area contributed by atoms with E-state index in [0.717, 1.165) is 14.1 Å². The van der Waals surface area contributed by atoms with Crippen LogP contribution in [-0.2, 0) is 11.3 Å². The van der Waals surface area contributed by atoms with Gasteiger partial charge in [-0.1, -0.05) is 54.2 Å². The molecule has 4 nitrogen and oxygen atoms in total. The molecular weight excluding hydrogens is 388 g/mol. The molecular formula is C22H24N2O2S2. The van der Waals surface area contributed by atoms with Crippen LogP contribution >= 0.6 is 23.1 Å². The van der Waals surface area contributed by atoms with Crippen LogP contribution in [0.3, 0.4) is 0 Å². The van der Waals surface area contributed by atoms with Gasteiger partial charge in [-0.2, -0.15) is 0 Å². The summed E-state index contributed by atoms with van der Waals surface area (Å²) in [6.07, 6.45) is 1.52. The Morgan fingerprint density at radius 2 is 1.82 bits per heavy atom. The maximum Gasteiger partial charge on any atom is 0.410 e. The summed E-state index contributed by atoms with van der Waals surface area (Å²) < 4.78 is 6.48. The molecule has 3 aromatic rings. The van der Waals surface area contributed by atoms with Crippen molar-refractivity contribution >= 4 is 29.2 Å². The molecule has 0 fully saturated rings. The molecule has 1 amide bonds. The first kappa shape index (κ1) is 20.4. The lowest BCUT2D eigenvalue weighted by molar-refractivity contribution is 0.0285. The van der Waals surface area contributed by atoms with Crippen molar-refractivity contribution in [2.24, 2.45) is 0 Å². The molecule has 0 aliphatic carbocycles. The van der Waals surface area contributed by atoms with Gasteiger partial charge in [-0.3, -0.25) is 0 Å². The second-order valence-corrected chi connectivity index (χ2v) is 9.89. The van der Waals surface area contributed by atoms with Crippen molar-refractivity contribution in [2.45, 2.75) is 42.0 Å². The van der Waals surface area contributed by atoms with Crippen molar-refractivity contribution < 1.29 is 9.53 Å². The average molecular weight is 413 g/mol. The average Bonchev–Trinajstić information content (AvgIpc) is 3.08. The van der Waals surface area contributed by atoms with Gasteiger partial charge in [0.1, 0.15) is 10.6 Å². The van der Waals surface area contributed by atoms with Crippen LogP contribution < -0.4 is 0 Å². The maximum atomic E-state index is 12.1. The van der Waals surface area contributed by atoms with E-state index < -0.39 is 5.60 Å². The Hall–Kier alpha value is -2.31. The topological polar surface area (TPSA) is 42.4 Å². The minimum atomic E-state index is -0.501. The molecule has 2 aromatic carbocycles. The Labute approximate surface area is 174 Å². The van der Waals surface area contributed by atoms with Crippen molar-refractivity contribution in [2.75, 3.05) is 7.05 Å². The van der Waals surface area contributed by atoms with Crippen LogP contribution in [0, 0.1) is 0 Å². The number of thiazole rings is 1. The third-order valence-corrected chi connectivity index (χ3v) is 5.84. The summed E-state index contributed by atoms with van der Waals surface area (Å²) in [6, 6.07) is 18.8. The van der Waals surface area contributed by atoms with Crippen molar-refractivity contribution in [1.29, 1.82) is 0 Å². The fraction of sp³-hybridized carbons (Fsp3) is 0.273. The Morgan fingerprint density at radius 1 is 1.11 bits per heavy atom. The van der Waals surface area contributed by atoms with E-state index in [2.05, 4.69) is 41.4 Å². The number of rotatable bonds is 5. The summed E-state index contributed by atoms with van der Waals surface area (Å²) >= 11 is 3.28. The molecule has 0 atom stereocenters. The van der Waals surface area contributed by atoms with Crippen LogP contribution in [-0.4, -0.2) is 28.6 Å². The normalized spacial score (nSPS) is 11.3. The molecule has 28 heavy (non-hydrogen) atoms. The van der Waals surface area contributed by atoms with E-state index in [4.69, 9.17) is 4.74 Å². The standard InChI is InChI=1S/C22H24N2O2S2/c1-22(2,3)26-21(25)24(4)15-19-23-14-20(28-19)27-18-12-8-11-17(13-18)16-9-6-5-7-10-16/h5-14H,15H2,1-4H3. The van der Waals surface area contributed by atoms with Gasteiger partial charge in [-0.25, -0.2) is 9.78 Å². The van der Waals surface area contributed by atoms with Crippen LogP contribution in [0.2, 0.25) is 0 Å². The zero-order valence-corrected chi connectivity index (χ0v) is 18.1. The van der Waals surface area contributed by atoms with Gasteiger partial charge in [-0.15, -0.1) is 11.3 Å². The molecule has 0 saturated carbocycles. The van der Waals surface area contributed by atoms with E-state index in [0.29, 0.717) is 6.54 Å². The number of nitrogens with zero attached hydrogens (tertiary/aromatic N) is 2. The van der Waals surface area contributed by atoms with E-state index in [-0.39, 0.29) is 6.09 Å². The predicted octanol–water partition coefficient (Wildman–Crippen LogP) is 6.33. The van der Waals surface area contributed by atoms with Gasteiger partial charge in [0.05, 0.1) is 17.0 Å². The maximum absolute atomic E-state index is 12.1. The Kier molecular flexibility index (Phi) is 6.42. The first-order valence-corrected chi connectivity index (χ1v) is 10.7. The molecule has 0 unspecified atom stereocenters. The fourth-order valence-corrected chi connectivity index (χ4v) is 4.62. The first-order valence-electron chi connectivity index (χ1n) is 9.02. The van der Waals surface area contributed by atoms with Crippen LogP contribution in [0.4, 0.5) is 4.79 Å². The molecule has 1 aromatic heterocycles. The van der Waals surface area contributed by atoms with Crippen molar-refractivity contribution in [3.05, 3.63) is 65.8 Å². The largest absolute Gasteiger partial charge is 0.444 e. The van der Waals surface area contributed by atoms with Crippen LogP contribution in [0.5, 0.6) is 0 Å². The molecule has 0 bridgehead atoms. The highest BCUT2D eigenvalue weighted by molar-refractivity contribution is 8.01. The Balaban J connectivity index is 1.64. The van der Waals surface area contributed by atoms with Crippen LogP contribution in [0.1, 0.15) is 25.8 Å². The zero-order chi connectivity index (χ0) is 20.1. The number of benzene rings is 2. The number of amides is 1. The summed E-state index contributed by atoms with van der Waals surface area (Å²) in [5.74, 6) is 0. The van der Waals surface area contributed by atoms with E-state index in [9.17, 15) is 4.79 Å². The second-order valence-electron chi connectivity index (χ2n) is 7.41. The zero-order valence-electron chi connectivity index (χ0n) is 16.5. The van der Waals surface area contributed by atoms with Crippen LogP contribution in [0.15, 0.2) is 69.9 Å². The third-order valence-electron chi connectivity index (χ3n) is 3.77. The predicted molar refractivity (Wildman–Crippen MR) is 116 cm³/mol. The molecule has 1 heterocycles.